The molecule has 2 rings (SSSR count). The van der Waals surface area contributed by atoms with Crippen LogP contribution in [0.25, 0.3) is 0 Å². The SMILES string of the molecule is CC1NC(=O)CCN(c2c(Br)cccc2Br)C1=O. The lowest BCUT2D eigenvalue weighted by Gasteiger charge is -2.24. The second kappa shape index (κ2) is 5.40. The molecule has 1 aliphatic heterocycles. The van der Waals surface area contributed by atoms with Gasteiger partial charge in [-0.1, -0.05) is 6.07 Å². The summed E-state index contributed by atoms with van der Waals surface area (Å²) in [6.07, 6.45) is 0.309. The number of nitrogens with zero attached hydrogens (tertiary/aromatic N) is 1. The molecule has 0 radical (unpaired) electrons. The van der Waals surface area contributed by atoms with Gasteiger partial charge in [0.25, 0.3) is 0 Å². The average Bonchev–Trinajstić information content (AvgIpc) is 2.42. The summed E-state index contributed by atoms with van der Waals surface area (Å²) >= 11 is 6.88. The van der Waals surface area contributed by atoms with Gasteiger partial charge in [-0.25, -0.2) is 0 Å². The van der Waals surface area contributed by atoms with Gasteiger partial charge in [0.15, 0.2) is 0 Å². The smallest absolute Gasteiger partial charge is 0.249 e. The number of para-hydroxylation sites is 1. The van der Waals surface area contributed by atoms with Gasteiger partial charge in [-0.2, -0.15) is 0 Å². The molecule has 0 aromatic heterocycles. The summed E-state index contributed by atoms with van der Waals surface area (Å²) in [6.45, 7) is 2.08. The van der Waals surface area contributed by atoms with Crippen molar-refractivity contribution in [3.05, 3.63) is 27.1 Å². The number of benzene rings is 1. The van der Waals surface area contributed by atoms with Gasteiger partial charge < -0.3 is 10.2 Å². The van der Waals surface area contributed by atoms with E-state index >= 15 is 0 Å². The summed E-state index contributed by atoms with van der Waals surface area (Å²) in [5.74, 6) is -0.199. The van der Waals surface area contributed by atoms with Crippen molar-refractivity contribution < 1.29 is 9.59 Å². The number of hydrogen-bond acceptors (Lipinski definition) is 2. The van der Waals surface area contributed by atoms with Gasteiger partial charge in [-0.15, -0.1) is 0 Å². The molecule has 0 bridgehead atoms. The number of halogens is 2. The first kappa shape index (κ1) is 13.5. The third-order valence-electron chi connectivity index (χ3n) is 2.78. The van der Waals surface area contributed by atoms with Crippen molar-refractivity contribution in [2.45, 2.75) is 19.4 Å². The van der Waals surface area contributed by atoms with Gasteiger partial charge in [0.05, 0.1) is 5.69 Å². The Morgan fingerprint density at radius 1 is 1.28 bits per heavy atom. The molecule has 0 saturated carbocycles. The van der Waals surface area contributed by atoms with Crippen LogP contribution in [0.15, 0.2) is 27.1 Å². The molecule has 1 atom stereocenters. The molecule has 18 heavy (non-hydrogen) atoms. The molecule has 0 spiro atoms. The molecule has 1 N–H and O–H groups in total. The molecule has 2 amide bonds. The number of carbonyl (C=O) groups is 2. The first-order valence-electron chi connectivity index (χ1n) is 5.55. The zero-order valence-electron chi connectivity index (χ0n) is 9.74. The summed E-state index contributed by atoms with van der Waals surface area (Å²) in [5.41, 5.74) is 0.769. The van der Waals surface area contributed by atoms with Gasteiger partial charge in [0, 0.05) is 21.9 Å². The van der Waals surface area contributed by atoms with Crippen molar-refractivity contribution >= 4 is 49.4 Å². The van der Waals surface area contributed by atoms with Crippen molar-refractivity contribution in [3.63, 3.8) is 0 Å². The summed E-state index contributed by atoms with van der Waals surface area (Å²) in [7, 11) is 0. The molecule has 1 unspecified atom stereocenters. The molecule has 1 aromatic carbocycles. The fraction of sp³-hybridized carbons (Fsp3) is 0.333. The van der Waals surface area contributed by atoms with Crippen LogP contribution in [0.2, 0.25) is 0 Å². The average molecular weight is 376 g/mol. The fourth-order valence-electron chi connectivity index (χ4n) is 1.90. The van der Waals surface area contributed by atoms with E-state index in [1.807, 2.05) is 18.2 Å². The lowest BCUT2D eigenvalue weighted by atomic mass is 10.2. The lowest BCUT2D eigenvalue weighted by molar-refractivity contribution is -0.125. The zero-order valence-corrected chi connectivity index (χ0v) is 12.9. The van der Waals surface area contributed by atoms with Crippen molar-refractivity contribution in [2.24, 2.45) is 0 Å². The van der Waals surface area contributed by atoms with Crippen LogP contribution in [0.5, 0.6) is 0 Å². The summed E-state index contributed by atoms with van der Waals surface area (Å²) in [6, 6.07) is 5.13. The first-order chi connectivity index (χ1) is 8.50. The molecule has 1 heterocycles. The van der Waals surface area contributed by atoms with Crippen molar-refractivity contribution in [3.8, 4) is 0 Å². The van der Waals surface area contributed by atoms with Crippen molar-refractivity contribution in [1.29, 1.82) is 0 Å². The maximum Gasteiger partial charge on any atom is 0.249 e. The van der Waals surface area contributed by atoms with E-state index in [2.05, 4.69) is 37.2 Å². The van der Waals surface area contributed by atoms with Crippen molar-refractivity contribution in [2.75, 3.05) is 11.4 Å². The Balaban J connectivity index is 2.42. The van der Waals surface area contributed by atoms with Crippen LogP contribution in [-0.2, 0) is 9.59 Å². The van der Waals surface area contributed by atoms with E-state index in [4.69, 9.17) is 0 Å². The lowest BCUT2D eigenvalue weighted by Crippen LogP contribution is -2.43. The Bertz CT molecular complexity index is 485. The predicted octanol–water partition coefficient (Wildman–Crippen LogP) is 2.45. The molecule has 1 fully saturated rings. The maximum atomic E-state index is 12.3. The van der Waals surface area contributed by atoms with Gasteiger partial charge in [-0.05, 0) is 50.9 Å². The topological polar surface area (TPSA) is 49.4 Å². The molecular formula is C12H12Br2N2O2. The largest absolute Gasteiger partial charge is 0.345 e. The third kappa shape index (κ3) is 2.59. The molecule has 4 nitrogen and oxygen atoms in total. The Morgan fingerprint density at radius 2 is 1.89 bits per heavy atom. The Labute approximate surface area is 122 Å². The minimum absolute atomic E-state index is 0.0958. The van der Waals surface area contributed by atoms with Crippen LogP contribution in [0.3, 0.4) is 0 Å². The summed E-state index contributed by atoms with van der Waals surface area (Å²) in [4.78, 5) is 25.4. The van der Waals surface area contributed by atoms with Gasteiger partial charge in [0.1, 0.15) is 6.04 Å². The summed E-state index contributed by atoms with van der Waals surface area (Å²) in [5, 5.41) is 2.67. The molecule has 1 saturated heterocycles. The first-order valence-corrected chi connectivity index (χ1v) is 7.14. The highest BCUT2D eigenvalue weighted by Crippen LogP contribution is 2.34. The molecule has 1 aromatic rings. The quantitative estimate of drug-likeness (QED) is 0.819. The van der Waals surface area contributed by atoms with Crippen LogP contribution < -0.4 is 10.2 Å². The standard InChI is InChI=1S/C12H12Br2N2O2/c1-7-12(18)16(6-5-10(17)15-7)11-8(13)3-2-4-9(11)14/h2-4,7H,5-6H2,1H3,(H,15,17). The normalized spacial score (nSPS) is 20.6. The second-order valence-electron chi connectivity index (χ2n) is 4.10. The second-order valence-corrected chi connectivity index (χ2v) is 5.81. The van der Waals surface area contributed by atoms with Gasteiger partial charge in [0.2, 0.25) is 11.8 Å². The highest BCUT2D eigenvalue weighted by Gasteiger charge is 2.29. The van der Waals surface area contributed by atoms with Crippen LogP contribution in [-0.4, -0.2) is 24.4 Å². The molecule has 0 aliphatic carbocycles. The van der Waals surface area contributed by atoms with Crippen LogP contribution >= 0.6 is 31.9 Å². The van der Waals surface area contributed by atoms with E-state index < -0.39 is 6.04 Å². The maximum absolute atomic E-state index is 12.3. The third-order valence-corrected chi connectivity index (χ3v) is 4.06. The number of amides is 2. The minimum atomic E-state index is -0.501. The number of carbonyl (C=O) groups excluding carboxylic acids is 2. The van der Waals surface area contributed by atoms with Gasteiger partial charge in [-0.3, -0.25) is 9.59 Å². The van der Waals surface area contributed by atoms with E-state index in [1.54, 1.807) is 11.8 Å². The number of anilines is 1. The fourth-order valence-corrected chi connectivity index (χ4v) is 3.33. The Morgan fingerprint density at radius 3 is 2.50 bits per heavy atom. The van der Waals surface area contributed by atoms with Crippen LogP contribution in [0, 0.1) is 0 Å². The monoisotopic (exact) mass is 374 g/mol. The zero-order chi connectivity index (χ0) is 13.3. The molecule has 6 heteroatoms. The highest BCUT2D eigenvalue weighted by atomic mass is 79.9. The van der Waals surface area contributed by atoms with Crippen molar-refractivity contribution in [1.82, 2.24) is 5.32 Å². The highest BCUT2D eigenvalue weighted by molar-refractivity contribution is 9.11. The van der Waals surface area contributed by atoms with E-state index in [-0.39, 0.29) is 11.8 Å². The van der Waals surface area contributed by atoms with E-state index in [0.29, 0.717) is 13.0 Å². The Hall–Kier alpha value is -0.880. The summed E-state index contributed by atoms with van der Waals surface area (Å²) < 4.78 is 1.65. The number of rotatable bonds is 1. The molecule has 96 valence electrons. The van der Waals surface area contributed by atoms with E-state index in [0.717, 1.165) is 14.6 Å². The molecule has 1 aliphatic rings. The van der Waals surface area contributed by atoms with E-state index in [9.17, 15) is 9.59 Å². The molecular weight excluding hydrogens is 364 g/mol. The van der Waals surface area contributed by atoms with Crippen LogP contribution in [0.1, 0.15) is 13.3 Å². The van der Waals surface area contributed by atoms with Crippen LogP contribution in [0.4, 0.5) is 5.69 Å². The Kier molecular flexibility index (Phi) is 4.07. The van der Waals surface area contributed by atoms with E-state index in [1.165, 1.54) is 0 Å². The van der Waals surface area contributed by atoms with Gasteiger partial charge >= 0.3 is 0 Å². The number of nitrogens with one attached hydrogen (secondary N) is 1. The number of hydrogen-bond donors (Lipinski definition) is 1. The predicted molar refractivity (Wildman–Crippen MR) is 76.4 cm³/mol. The minimum Gasteiger partial charge on any atom is -0.345 e.